The van der Waals surface area contributed by atoms with E-state index in [-0.39, 0.29) is 17.7 Å². The lowest BCUT2D eigenvalue weighted by molar-refractivity contribution is -0.00579. The van der Waals surface area contributed by atoms with Crippen molar-refractivity contribution < 1.29 is 19.0 Å². The largest absolute Gasteiger partial charge is 0.444 e. The van der Waals surface area contributed by atoms with E-state index in [2.05, 4.69) is 0 Å². The van der Waals surface area contributed by atoms with Crippen molar-refractivity contribution in [3.63, 3.8) is 0 Å². The van der Waals surface area contributed by atoms with E-state index in [1.807, 2.05) is 20.8 Å². The molecular formula is C13H23NO4. The maximum atomic E-state index is 12.0. The Kier molecular flexibility index (Phi) is 3.56. The summed E-state index contributed by atoms with van der Waals surface area (Å²) in [5.74, 6) is 0. The first kappa shape index (κ1) is 13.6. The zero-order valence-corrected chi connectivity index (χ0v) is 11.7. The molecule has 5 heteroatoms. The van der Waals surface area contributed by atoms with Gasteiger partial charge in [0.15, 0.2) is 0 Å². The molecule has 18 heavy (non-hydrogen) atoms. The van der Waals surface area contributed by atoms with Gasteiger partial charge in [-0.25, -0.2) is 4.79 Å². The first-order chi connectivity index (χ1) is 8.31. The predicted molar refractivity (Wildman–Crippen MR) is 66.5 cm³/mol. The van der Waals surface area contributed by atoms with Gasteiger partial charge in [-0.3, -0.25) is 0 Å². The second kappa shape index (κ2) is 4.70. The van der Waals surface area contributed by atoms with Crippen LogP contribution in [-0.4, -0.2) is 55.1 Å². The van der Waals surface area contributed by atoms with Gasteiger partial charge in [0.1, 0.15) is 5.60 Å². The number of amides is 1. The Morgan fingerprint density at radius 3 is 2.72 bits per heavy atom. The summed E-state index contributed by atoms with van der Waals surface area (Å²) < 4.78 is 16.6. The van der Waals surface area contributed by atoms with Crippen molar-refractivity contribution in [1.29, 1.82) is 0 Å². The monoisotopic (exact) mass is 257 g/mol. The van der Waals surface area contributed by atoms with Crippen LogP contribution < -0.4 is 0 Å². The molecule has 2 fully saturated rings. The highest BCUT2D eigenvalue weighted by atomic mass is 16.6. The summed E-state index contributed by atoms with van der Waals surface area (Å²) in [6.07, 6.45) is 1.47. The van der Waals surface area contributed by atoms with Crippen LogP contribution in [0.5, 0.6) is 0 Å². The molecule has 2 atom stereocenters. The molecule has 0 aromatic rings. The Morgan fingerprint density at radius 1 is 1.44 bits per heavy atom. The van der Waals surface area contributed by atoms with E-state index in [1.54, 1.807) is 11.9 Å². The second-order valence-electron chi connectivity index (χ2n) is 6.25. The molecule has 0 saturated carbocycles. The standard InChI is InChI=1S/C13H23NO4/c1-12(2,3)18-11(15)14(4)10-7-13(17-8-10)5-6-16-9-13/h10H,5-9H2,1-4H3/t10-,13-/m1/s1. The number of carbonyl (C=O) groups excluding carboxylic acids is 1. The first-order valence-electron chi connectivity index (χ1n) is 6.49. The Labute approximate surface area is 108 Å². The van der Waals surface area contributed by atoms with E-state index in [0.717, 1.165) is 19.4 Å². The molecule has 1 amide bonds. The maximum Gasteiger partial charge on any atom is 0.410 e. The number of ether oxygens (including phenoxy) is 3. The Balaban J connectivity index is 1.90. The average Bonchev–Trinajstić information content (AvgIpc) is 2.86. The van der Waals surface area contributed by atoms with Crippen LogP contribution in [0.4, 0.5) is 4.79 Å². The highest BCUT2D eigenvalue weighted by Crippen LogP contribution is 2.35. The van der Waals surface area contributed by atoms with Crippen molar-refractivity contribution in [3.05, 3.63) is 0 Å². The van der Waals surface area contributed by atoms with Gasteiger partial charge >= 0.3 is 6.09 Å². The summed E-state index contributed by atoms with van der Waals surface area (Å²) in [4.78, 5) is 13.6. The fraction of sp³-hybridized carbons (Fsp3) is 0.923. The molecule has 2 aliphatic rings. The summed E-state index contributed by atoms with van der Waals surface area (Å²) in [6.45, 7) is 7.58. The van der Waals surface area contributed by atoms with Crippen molar-refractivity contribution in [3.8, 4) is 0 Å². The Hall–Kier alpha value is -0.810. The van der Waals surface area contributed by atoms with E-state index in [0.29, 0.717) is 13.2 Å². The quantitative estimate of drug-likeness (QED) is 0.718. The number of hydrogen-bond donors (Lipinski definition) is 0. The summed E-state index contributed by atoms with van der Waals surface area (Å²) in [7, 11) is 1.77. The van der Waals surface area contributed by atoms with Crippen LogP contribution in [0.1, 0.15) is 33.6 Å². The highest BCUT2D eigenvalue weighted by molar-refractivity contribution is 5.68. The zero-order valence-electron chi connectivity index (χ0n) is 11.7. The van der Waals surface area contributed by atoms with Gasteiger partial charge in [0, 0.05) is 26.5 Å². The second-order valence-corrected chi connectivity index (χ2v) is 6.25. The molecule has 0 radical (unpaired) electrons. The number of carbonyl (C=O) groups is 1. The number of rotatable bonds is 1. The number of hydrogen-bond acceptors (Lipinski definition) is 4. The van der Waals surface area contributed by atoms with Crippen LogP contribution in [-0.2, 0) is 14.2 Å². The summed E-state index contributed by atoms with van der Waals surface area (Å²) in [6, 6.07) is 0.0848. The molecule has 0 aromatic carbocycles. The topological polar surface area (TPSA) is 48.0 Å². The molecule has 104 valence electrons. The van der Waals surface area contributed by atoms with Gasteiger partial charge < -0.3 is 19.1 Å². The summed E-state index contributed by atoms with van der Waals surface area (Å²) >= 11 is 0. The van der Waals surface area contributed by atoms with Crippen molar-refractivity contribution in [2.45, 2.75) is 50.9 Å². The van der Waals surface area contributed by atoms with Crippen LogP contribution in [0.3, 0.4) is 0 Å². The van der Waals surface area contributed by atoms with Gasteiger partial charge in [0.25, 0.3) is 0 Å². The van der Waals surface area contributed by atoms with Crippen molar-refractivity contribution >= 4 is 6.09 Å². The van der Waals surface area contributed by atoms with Crippen LogP contribution >= 0.6 is 0 Å². The molecule has 2 rings (SSSR count). The average molecular weight is 257 g/mol. The number of likely N-dealkylation sites (N-methyl/N-ethyl adjacent to an activating group) is 1. The van der Waals surface area contributed by atoms with Gasteiger partial charge in [-0.15, -0.1) is 0 Å². The highest BCUT2D eigenvalue weighted by Gasteiger charge is 2.45. The smallest absolute Gasteiger partial charge is 0.410 e. The van der Waals surface area contributed by atoms with Gasteiger partial charge in [0.2, 0.25) is 0 Å². The normalized spacial score (nSPS) is 31.9. The maximum absolute atomic E-state index is 12.0. The third-order valence-corrected chi connectivity index (χ3v) is 3.49. The fourth-order valence-corrected chi connectivity index (χ4v) is 2.42. The lowest BCUT2D eigenvalue weighted by atomic mass is 9.97. The molecule has 0 aliphatic carbocycles. The minimum Gasteiger partial charge on any atom is -0.444 e. The van der Waals surface area contributed by atoms with Gasteiger partial charge in [-0.05, 0) is 20.8 Å². The molecule has 0 bridgehead atoms. The van der Waals surface area contributed by atoms with Gasteiger partial charge in [0.05, 0.1) is 24.9 Å². The minimum atomic E-state index is -0.459. The fourth-order valence-electron chi connectivity index (χ4n) is 2.42. The van der Waals surface area contributed by atoms with E-state index in [9.17, 15) is 4.79 Å². The third kappa shape index (κ3) is 2.95. The molecule has 0 unspecified atom stereocenters. The molecule has 5 nitrogen and oxygen atoms in total. The van der Waals surface area contributed by atoms with Crippen LogP contribution in [0, 0.1) is 0 Å². The van der Waals surface area contributed by atoms with Gasteiger partial charge in [-0.2, -0.15) is 0 Å². The minimum absolute atomic E-state index is 0.0848. The van der Waals surface area contributed by atoms with Crippen LogP contribution in [0.15, 0.2) is 0 Å². The summed E-state index contributed by atoms with van der Waals surface area (Å²) in [5, 5.41) is 0. The van der Waals surface area contributed by atoms with E-state index in [1.165, 1.54) is 0 Å². The SMILES string of the molecule is CN(C(=O)OC(C)(C)C)[C@H]1CO[C@]2(CCOC2)C1. The first-order valence-corrected chi connectivity index (χ1v) is 6.49. The lowest BCUT2D eigenvalue weighted by Gasteiger charge is -2.28. The van der Waals surface area contributed by atoms with Crippen molar-refractivity contribution in [2.24, 2.45) is 0 Å². The molecule has 0 aromatic heterocycles. The zero-order chi connectivity index (χ0) is 13.4. The lowest BCUT2D eigenvalue weighted by Crippen LogP contribution is -2.41. The Bertz CT molecular complexity index is 317. The van der Waals surface area contributed by atoms with E-state index >= 15 is 0 Å². The molecule has 2 aliphatic heterocycles. The molecule has 2 heterocycles. The van der Waals surface area contributed by atoms with Crippen LogP contribution in [0.25, 0.3) is 0 Å². The van der Waals surface area contributed by atoms with Crippen molar-refractivity contribution in [1.82, 2.24) is 4.90 Å². The Morgan fingerprint density at radius 2 is 2.17 bits per heavy atom. The predicted octanol–water partition coefficient (Wildman–Crippen LogP) is 1.80. The van der Waals surface area contributed by atoms with E-state index in [4.69, 9.17) is 14.2 Å². The summed E-state index contributed by atoms with van der Waals surface area (Å²) in [5.41, 5.74) is -0.625. The number of nitrogens with zero attached hydrogens (tertiary/aromatic N) is 1. The molecule has 1 spiro atoms. The van der Waals surface area contributed by atoms with Gasteiger partial charge in [-0.1, -0.05) is 0 Å². The molecule has 2 saturated heterocycles. The molecular weight excluding hydrogens is 234 g/mol. The van der Waals surface area contributed by atoms with Crippen LogP contribution in [0.2, 0.25) is 0 Å². The van der Waals surface area contributed by atoms with Crippen molar-refractivity contribution in [2.75, 3.05) is 26.9 Å². The molecule has 0 N–H and O–H groups in total. The van der Waals surface area contributed by atoms with E-state index < -0.39 is 5.60 Å². The third-order valence-electron chi connectivity index (χ3n) is 3.49.